The average molecular weight is 439 g/mol. The van der Waals surface area contributed by atoms with E-state index in [-0.39, 0.29) is 24.5 Å². The number of methoxy groups -OCH3 is 1. The van der Waals surface area contributed by atoms with Gasteiger partial charge in [0.2, 0.25) is 0 Å². The molecule has 3 fully saturated rings. The first-order chi connectivity index (χ1) is 15.7. The summed E-state index contributed by atoms with van der Waals surface area (Å²) in [5, 5.41) is 14.9. The number of nitrogens with one attached hydrogen (secondary N) is 1. The molecule has 0 spiro atoms. The van der Waals surface area contributed by atoms with Crippen LogP contribution >= 0.6 is 0 Å². The SMILES string of the molecule is COc1ccc(CN[C@H]2[C@H](O)[C@@H](N3CCC(Cc4ccccc4)CC3)[C@@H]3OC[C@H]2O3)cc1. The first-order valence-corrected chi connectivity index (χ1v) is 11.8. The second-order valence-corrected chi connectivity index (χ2v) is 9.28. The first-order valence-electron chi connectivity index (χ1n) is 11.8. The zero-order chi connectivity index (χ0) is 21.9. The molecule has 6 heteroatoms. The molecular formula is C26H34N2O4. The normalized spacial score (nSPS) is 31.0. The van der Waals surface area contributed by atoms with Crippen LogP contribution < -0.4 is 10.1 Å². The quantitative estimate of drug-likeness (QED) is 0.693. The number of aliphatic hydroxyl groups is 1. The molecule has 3 heterocycles. The molecule has 5 atom stereocenters. The summed E-state index contributed by atoms with van der Waals surface area (Å²) in [6, 6.07) is 18.5. The Morgan fingerprint density at radius 2 is 1.78 bits per heavy atom. The Labute approximate surface area is 190 Å². The van der Waals surface area contributed by atoms with Gasteiger partial charge in [0.15, 0.2) is 6.29 Å². The molecule has 0 aliphatic carbocycles. The maximum atomic E-state index is 11.3. The fourth-order valence-electron chi connectivity index (χ4n) is 5.42. The van der Waals surface area contributed by atoms with Gasteiger partial charge in [-0.05, 0) is 61.5 Å². The molecule has 2 aromatic rings. The molecule has 3 aliphatic heterocycles. The number of piperidine rings is 1. The second kappa shape index (κ2) is 9.89. The van der Waals surface area contributed by atoms with Crippen molar-refractivity contribution in [2.45, 2.75) is 56.4 Å². The van der Waals surface area contributed by atoms with Gasteiger partial charge in [0.25, 0.3) is 0 Å². The molecule has 2 bridgehead atoms. The minimum Gasteiger partial charge on any atom is -0.497 e. The number of nitrogens with zero attached hydrogens (tertiary/aromatic N) is 1. The summed E-state index contributed by atoms with van der Waals surface area (Å²) in [5.41, 5.74) is 2.56. The summed E-state index contributed by atoms with van der Waals surface area (Å²) in [6.45, 7) is 3.14. The van der Waals surface area contributed by atoms with Gasteiger partial charge in [-0.1, -0.05) is 42.5 Å². The summed E-state index contributed by atoms with van der Waals surface area (Å²) in [7, 11) is 1.67. The van der Waals surface area contributed by atoms with Gasteiger partial charge in [-0.25, -0.2) is 0 Å². The highest BCUT2D eigenvalue weighted by Gasteiger charge is 2.52. The van der Waals surface area contributed by atoms with Gasteiger partial charge in [-0.15, -0.1) is 0 Å². The third-order valence-electron chi connectivity index (χ3n) is 7.27. The van der Waals surface area contributed by atoms with Crippen LogP contribution in [0.3, 0.4) is 0 Å². The van der Waals surface area contributed by atoms with E-state index >= 15 is 0 Å². The summed E-state index contributed by atoms with van der Waals surface area (Å²) in [5.74, 6) is 1.54. The van der Waals surface area contributed by atoms with Crippen molar-refractivity contribution in [2.75, 3.05) is 26.8 Å². The van der Waals surface area contributed by atoms with Crippen LogP contribution in [0.25, 0.3) is 0 Å². The monoisotopic (exact) mass is 438 g/mol. The van der Waals surface area contributed by atoms with Crippen molar-refractivity contribution < 1.29 is 19.3 Å². The Morgan fingerprint density at radius 1 is 1.03 bits per heavy atom. The molecule has 3 saturated heterocycles. The Morgan fingerprint density at radius 3 is 2.50 bits per heavy atom. The minimum absolute atomic E-state index is 0.111. The van der Waals surface area contributed by atoms with E-state index < -0.39 is 6.10 Å². The lowest BCUT2D eigenvalue weighted by molar-refractivity contribution is -0.186. The molecule has 2 aromatic carbocycles. The Hall–Kier alpha value is -1.96. The molecule has 5 rings (SSSR count). The van der Waals surface area contributed by atoms with E-state index in [0.29, 0.717) is 19.1 Å². The molecule has 0 aromatic heterocycles. The van der Waals surface area contributed by atoms with Crippen LogP contribution in [0.4, 0.5) is 0 Å². The van der Waals surface area contributed by atoms with Crippen molar-refractivity contribution >= 4 is 0 Å². The zero-order valence-electron chi connectivity index (χ0n) is 18.7. The maximum Gasteiger partial charge on any atom is 0.176 e. The lowest BCUT2D eigenvalue weighted by atomic mass is 9.87. The van der Waals surface area contributed by atoms with Crippen LogP contribution in [-0.4, -0.2) is 67.4 Å². The van der Waals surface area contributed by atoms with Crippen molar-refractivity contribution in [2.24, 2.45) is 5.92 Å². The van der Waals surface area contributed by atoms with Gasteiger partial charge in [-0.3, -0.25) is 4.90 Å². The van der Waals surface area contributed by atoms with Crippen LogP contribution in [-0.2, 0) is 22.4 Å². The number of benzene rings is 2. The zero-order valence-corrected chi connectivity index (χ0v) is 18.7. The highest BCUT2D eigenvalue weighted by atomic mass is 16.7. The second-order valence-electron chi connectivity index (χ2n) is 9.28. The van der Waals surface area contributed by atoms with E-state index in [2.05, 4.69) is 40.5 Å². The number of aliphatic hydroxyl groups excluding tert-OH is 1. The van der Waals surface area contributed by atoms with Crippen LogP contribution in [0.5, 0.6) is 5.75 Å². The minimum atomic E-state index is -0.523. The fourth-order valence-corrected chi connectivity index (χ4v) is 5.42. The van der Waals surface area contributed by atoms with Gasteiger partial charge in [0.05, 0.1) is 31.9 Å². The summed E-state index contributed by atoms with van der Waals surface area (Å²) in [4.78, 5) is 2.39. The highest BCUT2D eigenvalue weighted by Crippen LogP contribution is 2.34. The van der Waals surface area contributed by atoms with E-state index in [1.807, 2.05) is 24.3 Å². The van der Waals surface area contributed by atoms with Crippen molar-refractivity contribution in [3.8, 4) is 5.75 Å². The number of likely N-dealkylation sites (tertiary alicyclic amines) is 1. The molecule has 0 unspecified atom stereocenters. The Balaban J connectivity index is 1.19. The smallest absolute Gasteiger partial charge is 0.176 e. The number of fused-ring (bicyclic) bond motifs is 2. The largest absolute Gasteiger partial charge is 0.497 e. The number of rotatable bonds is 7. The van der Waals surface area contributed by atoms with Crippen LogP contribution in [0.2, 0.25) is 0 Å². The molecule has 0 radical (unpaired) electrons. The van der Waals surface area contributed by atoms with Gasteiger partial charge >= 0.3 is 0 Å². The van der Waals surface area contributed by atoms with Gasteiger partial charge in [0.1, 0.15) is 11.9 Å². The number of hydrogen-bond donors (Lipinski definition) is 2. The molecule has 0 amide bonds. The molecule has 6 nitrogen and oxygen atoms in total. The molecule has 172 valence electrons. The fraction of sp³-hybridized carbons (Fsp3) is 0.538. The van der Waals surface area contributed by atoms with Crippen molar-refractivity contribution in [3.05, 3.63) is 65.7 Å². The van der Waals surface area contributed by atoms with Crippen LogP contribution in [0.1, 0.15) is 24.0 Å². The van der Waals surface area contributed by atoms with E-state index in [4.69, 9.17) is 14.2 Å². The van der Waals surface area contributed by atoms with E-state index in [9.17, 15) is 5.11 Å². The third-order valence-corrected chi connectivity index (χ3v) is 7.27. The van der Waals surface area contributed by atoms with Gasteiger partial charge in [-0.2, -0.15) is 0 Å². The molecule has 32 heavy (non-hydrogen) atoms. The molecule has 2 N–H and O–H groups in total. The summed E-state index contributed by atoms with van der Waals surface area (Å²) in [6.07, 6.45) is 2.44. The van der Waals surface area contributed by atoms with E-state index in [1.165, 1.54) is 5.56 Å². The van der Waals surface area contributed by atoms with Crippen molar-refractivity contribution in [1.82, 2.24) is 10.2 Å². The van der Waals surface area contributed by atoms with Gasteiger partial charge in [0, 0.05) is 6.54 Å². The number of hydrogen-bond acceptors (Lipinski definition) is 6. The lowest BCUT2D eigenvalue weighted by Crippen LogP contribution is -2.65. The molecule has 0 saturated carbocycles. The van der Waals surface area contributed by atoms with E-state index in [1.54, 1.807) is 7.11 Å². The van der Waals surface area contributed by atoms with Crippen LogP contribution in [0, 0.1) is 5.92 Å². The van der Waals surface area contributed by atoms with Crippen LogP contribution in [0.15, 0.2) is 54.6 Å². The molecular weight excluding hydrogens is 404 g/mol. The maximum absolute atomic E-state index is 11.3. The average Bonchev–Trinajstić information content (AvgIpc) is 3.26. The Kier molecular flexibility index (Phi) is 6.76. The van der Waals surface area contributed by atoms with Crippen molar-refractivity contribution in [1.29, 1.82) is 0 Å². The highest BCUT2D eigenvalue weighted by molar-refractivity contribution is 5.27. The topological polar surface area (TPSA) is 63.2 Å². The first kappa shape index (κ1) is 21.9. The van der Waals surface area contributed by atoms with E-state index in [0.717, 1.165) is 43.7 Å². The standard InChI is InChI=1S/C26H34N2O4/c1-30-21-9-7-20(8-10-21)16-27-23-22-17-31-26(32-22)24(25(23)29)28-13-11-19(12-14-28)15-18-5-3-2-4-6-18/h2-10,19,22-27,29H,11-17H2,1H3/t22-,23-,24-,25+,26-/m1/s1. The predicted octanol–water partition coefficient (Wildman–Crippen LogP) is 2.59. The molecule has 3 aliphatic rings. The third kappa shape index (κ3) is 4.70. The Bertz CT molecular complexity index is 854. The lowest BCUT2D eigenvalue weighted by Gasteiger charge is -2.46. The van der Waals surface area contributed by atoms with Crippen molar-refractivity contribution in [3.63, 3.8) is 0 Å². The summed E-state index contributed by atoms with van der Waals surface area (Å²) >= 11 is 0. The van der Waals surface area contributed by atoms with Gasteiger partial charge < -0.3 is 24.6 Å². The predicted molar refractivity (Wildman–Crippen MR) is 122 cm³/mol. The summed E-state index contributed by atoms with van der Waals surface area (Å²) < 4.78 is 17.4. The number of ether oxygens (including phenoxy) is 3.